The van der Waals surface area contributed by atoms with Crippen molar-refractivity contribution in [3.63, 3.8) is 0 Å². The lowest BCUT2D eigenvalue weighted by atomic mass is 10.3. The van der Waals surface area contributed by atoms with Crippen LogP contribution in [0.5, 0.6) is 5.88 Å². The first-order chi connectivity index (χ1) is 10.3. The van der Waals surface area contributed by atoms with Gasteiger partial charge >= 0.3 is 0 Å². The normalized spacial score (nSPS) is 15.3. The Balaban J connectivity index is 1.72. The molecular weight excluding hydrogens is 264 g/mol. The lowest BCUT2D eigenvalue weighted by Gasteiger charge is -2.14. The lowest BCUT2D eigenvalue weighted by molar-refractivity contribution is 0.325. The van der Waals surface area contributed by atoms with Crippen molar-refractivity contribution in [3.05, 3.63) is 11.9 Å². The number of aryl methyl sites for hydroxylation is 1. The summed E-state index contributed by atoms with van der Waals surface area (Å²) in [6, 6.07) is 1.89. The van der Waals surface area contributed by atoms with Crippen molar-refractivity contribution >= 4 is 5.82 Å². The molecule has 0 amide bonds. The van der Waals surface area contributed by atoms with Crippen molar-refractivity contribution in [3.8, 4) is 5.88 Å². The van der Waals surface area contributed by atoms with Gasteiger partial charge in [-0.2, -0.15) is 4.98 Å². The molecule has 0 spiro atoms. The first-order valence-corrected chi connectivity index (χ1v) is 8.28. The third kappa shape index (κ3) is 5.50. The number of likely N-dealkylation sites (tertiary alicyclic amines) is 1. The highest BCUT2D eigenvalue weighted by Gasteiger charge is 2.10. The van der Waals surface area contributed by atoms with Crippen LogP contribution >= 0.6 is 0 Å². The molecule has 1 aliphatic heterocycles. The Labute approximate surface area is 128 Å². The van der Waals surface area contributed by atoms with Crippen LogP contribution < -0.4 is 10.1 Å². The molecule has 1 saturated heterocycles. The molecule has 21 heavy (non-hydrogen) atoms. The number of unbranched alkanes of at least 4 members (excludes halogenated alkanes) is 1. The molecule has 1 aliphatic rings. The van der Waals surface area contributed by atoms with Crippen LogP contribution in [0.2, 0.25) is 0 Å². The molecular formula is C16H28N4O. The third-order valence-electron chi connectivity index (χ3n) is 3.76. The zero-order valence-electron chi connectivity index (χ0n) is 13.4. The second kappa shape index (κ2) is 8.82. The second-order valence-electron chi connectivity index (χ2n) is 5.48. The molecule has 2 heterocycles. The fourth-order valence-corrected chi connectivity index (χ4v) is 2.63. The van der Waals surface area contributed by atoms with Crippen LogP contribution in [0.4, 0.5) is 5.82 Å². The maximum atomic E-state index is 5.49. The molecule has 0 unspecified atom stereocenters. The Morgan fingerprint density at radius 2 is 2.00 bits per heavy atom. The van der Waals surface area contributed by atoms with E-state index in [-0.39, 0.29) is 0 Å². The predicted octanol–water partition coefficient (Wildman–Crippen LogP) is 2.73. The Bertz CT molecular complexity index is 419. The van der Waals surface area contributed by atoms with Gasteiger partial charge in [0.25, 0.3) is 0 Å². The second-order valence-corrected chi connectivity index (χ2v) is 5.48. The Kier molecular flexibility index (Phi) is 6.73. The van der Waals surface area contributed by atoms with Gasteiger partial charge in [0.05, 0.1) is 6.61 Å². The van der Waals surface area contributed by atoms with Gasteiger partial charge < -0.3 is 15.0 Å². The van der Waals surface area contributed by atoms with E-state index in [1.54, 1.807) is 0 Å². The highest BCUT2D eigenvalue weighted by atomic mass is 16.5. The molecule has 0 aliphatic carbocycles. The largest absolute Gasteiger partial charge is 0.478 e. The molecule has 1 aromatic heterocycles. The fraction of sp³-hybridized carbons (Fsp3) is 0.750. The standard InChI is InChI=1S/C16H28N4O/c1-3-14-18-15(13-16(19-14)21-4-2)17-9-5-6-10-20-11-7-8-12-20/h13H,3-12H2,1-2H3,(H,17,18,19). The quantitative estimate of drug-likeness (QED) is 0.709. The number of rotatable bonds is 9. The topological polar surface area (TPSA) is 50.3 Å². The third-order valence-corrected chi connectivity index (χ3v) is 3.76. The number of ether oxygens (including phenoxy) is 1. The van der Waals surface area contributed by atoms with Crippen LogP contribution in [0.1, 0.15) is 45.4 Å². The first kappa shape index (κ1) is 16.0. The van der Waals surface area contributed by atoms with Crippen molar-refractivity contribution in [2.24, 2.45) is 0 Å². The fourth-order valence-electron chi connectivity index (χ4n) is 2.63. The van der Waals surface area contributed by atoms with E-state index < -0.39 is 0 Å². The highest BCUT2D eigenvalue weighted by molar-refractivity contribution is 5.38. The Hall–Kier alpha value is -1.36. The summed E-state index contributed by atoms with van der Waals surface area (Å²) in [6.45, 7) is 9.43. The predicted molar refractivity (Wildman–Crippen MR) is 86.0 cm³/mol. The van der Waals surface area contributed by atoms with Crippen LogP contribution in [0.15, 0.2) is 6.07 Å². The Morgan fingerprint density at radius 3 is 2.71 bits per heavy atom. The molecule has 118 valence electrons. The first-order valence-electron chi connectivity index (χ1n) is 8.28. The van der Waals surface area contributed by atoms with Gasteiger partial charge in [-0.15, -0.1) is 0 Å². The van der Waals surface area contributed by atoms with E-state index in [1.165, 1.54) is 45.3 Å². The molecule has 5 nitrogen and oxygen atoms in total. The average molecular weight is 292 g/mol. The van der Waals surface area contributed by atoms with E-state index in [0.29, 0.717) is 12.5 Å². The molecule has 0 radical (unpaired) electrons. The summed E-state index contributed by atoms with van der Waals surface area (Å²) in [5.74, 6) is 2.39. The molecule has 1 aromatic rings. The number of aromatic nitrogens is 2. The SMILES string of the molecule is CCOc1cc(NCCCCN2CCCC2)nc(CC)n1. The maximum Gasteiger partial charge on any atom is 0.218 e. The molecule has 0 saturated carbocycles. The maximum absolute atomic E-state index is 5.49. The summed E-state index contributed by atoms with van der Waals surface area (Å²) >= 11 is 0. The zero-order valence-corrected chi connectivity index (χ0v) is 13.4. The minimum absolute atomic E-state index is 0.634. The highest BCUT2D eigenvalue weighted by Crippen LogP contribution is 2.14. The van der Waals surface area contributed by atoms with E-state index in [2.05, 4.69) is 27.1 Å². The smallest absolute Gasteiger partial charge is 0.218 e. The van der Waals surface area contributed by atoms with Crippen molar-refractivity contribution in [2.75, 3.05) is 38.1 Å². The zero-order chi connectivity index (χ0) is 14.9. The molecule has 2 rings (SSSR count). The van der Waals surface area contributed by atoms with Gasteiger partial charge in [-0.05, 0) is 52.2 Å². The number of anilines is 1. The summed E-state index contributed by atoms with van der Waals surface area (Å²) < 4.78 is 5.49. The van der Waals surface area contributed by atoms with Crippen LogP contribution in [0.25, 0.3) is 0 Å². The number of nitrogens with one attached hydrogen (secondary N) is 1. The lowest BCUT2D eigenvalue weighted by Crippen LogP contribution is -2.21. The molecule has 0 bridgehead atoms. The Morgan fingerprint density at radius 1 is 1.19 bits per heavy atom. The van der Waals surface area contributed by atoms with E-state index in [9.17, 15) is 0 Å². The van der Waals surface area contributed by atoms with Crippen LogP contribution in [-0.2, 0) is 6.42 Å². The minimum Gasteiger partial charge on any atom is -0.478 e. The van der Waals surface area contributed by atoms with E-state index >= 15 is 0 Å². The molecule has 0 aromatic carbocycles. The van der Waals surface area contributed by atoms with E-state index in [4.69, 9.17) is 4.74 Å². The van der Waals surface area contributed by atoms with Crippen molar-refractivity contribution in [1.82, 2.24) is 14.9 Å². The van der Waals surface area contributed by atoms with E-state index in [1.807, 2.05) is 13.0 Å². The van der Waals surface area contributed by atoms with E-state index in [0.717, 1.165) is 24.6 Å². The van der Waals surface area contributed by atoms with Gasteiger partial charge in [0.1, 0.15) is 11.6 Å². The van der Waals surface area contributed by atoms with Crippen LogP contribution in [-0.4, -0.2) is 47.7 Å². The van der Waals surface area contributed by atoms with Crippen molar-refractivity contribution < 1.29 is 4.74 Å². The van der Waals surface area contributed by atoms with Gasteiger partial charge in [0.2, 0.25) is 5.88 Å². The van der Waals surface area contributed by atoms with Crippen molar-refractivity contribution in [2.45, 2.75) is 46.0 Å². The summed E-state index contributed by atoms with van der Waals surface area (Å²) in [4.78, 5) is 11.4. The van der Waals surface area contributed by atoms with Crippen LogP contribution in [0.3, 0.4) is 0 Å². The molecule has 5 heteroatoms. The van der Waals surface area contributed by atoms with Gasteiger partial charge in [0, 0.05) is 19.0 Å². The molecule has 1 N–H and O–H groups in total. The average Bonchev–Trinajstić information content (AvgIpc) is 3.00. The number of hydrogen-bond acceptors (Lipinski definition) is 5. The summed E-state index contributed by atoms with van der Waals surface area (Å²) in [6.07, 6.45) is 5.99. The number of hydrogen-bond donors (Lipinski definition) is 1. The summed E-state index contributed by atoms with van der Waals surface area (Å²) in [7, 11) is 0. The molecule has 1 fully saturated rings. The molecule has 0 atom stereocenters. The monoisotopic (exact) mass is 292 g/mol. The van der Waals surface area contributed by atoms with Gasteiger partial charge in [-0.25, -0.2) is 4.98 Å². The van der Waals surface area contributed by atoms with Crippen LogP contribution in [0, 0.1) is 0 Å². The van der Waals surface area contributed by atoms with Crippen molar-refractivity contribution in [1.29, 1.82) is 0 Å². The van der Waals surface area contributed by atoms with Gasteiger partial charge in [-0.1, -0.05) is 6.92 Å². The summed E-state index contributed by atoms with van der Waals surface area (Å²) in [5.41, 5.74) is 0. The minimum atomic E-state index is 0.634. The summed E-state index contributed by atoms with van der Waals surface area (Å²) in [5, 5.41) is 3.39. The van der Waals surface area contributed by atoms with Gasteiger partial charge in [0.15, 0.2) is 0 Å². The van der Waals surface area contributed by atoms with Gasteiger partial charge in [-0.3, -0.25) is 0 Å². The number of nitrogens with zero attached hydrogens (tertiary/aromatic N) is 3.